The van der Waals surface area contributed by atoms with E-state index in [1.807, 2.05) is 24.0 Å². The van der Waals surface area contributed by atoms with Crippen molar-refractivity contribution >= 4 is 27.7 Å². The third-order valence-corrected chi connectivity index (χ3v) is 5.10. The van der Waals surface area contributed by atoms with E-state index in [1.165, 1.54) is 5.56 Å². The SMILES string of the molecule is Cc1ccnc(SC2CCOCC2)c1Br. The van der Waals surface area contributed by atoms with Crippen LogP contribution in [-0.2, 0) is 4.74 Å². The number of aromatic nitrogens is 1. The molecule has 4 heteroatoms. The molecule has 1 aliphatic rings. The maximum Gasteiger partial charge on any atom is 0.111 e. The summed E-state index contributed by atoms with van der Waals surface area (Å²) in [5.41, 5.74) is 1.25. The lowest BCUT2D eigenvalue weighted by Gasteiger charge is -2.21. The van der Waals surface area contributed by atoms with Crippen molar-refractivity contribution in [1.82, 2.24) is 4.98 Å². The number of rotatable bonds is 2. The molecule has 0 saturated carbocycles. The van der Waals surface area contributed by atoms with Gasteiger partial charge in [0.15, 0.2) is 0 Å². The summed E-state index contributed by atoms with van der Waals surface area (Å²) in [7, 11) is 0. The highest BCUT2D eigenvalue weighted by atomic mass is 79.9. The van der Waals surface area contributed by atoms with Crippen LogP contribution in [0, 0.1) is 6.92 Å². The van der Waals surface area contributed by atoms with E-state index in [4.69, 9.17) is 4.74 Å². The predicted molar refractivity (Wildman–Crippen MR) is 66.4 cm³/mol. The van der Waals surface area contributed by atoms with Gasteiger partial charge in [-0.1, -0.05) is 0 Å². The summed E-state index contributed by atoms with van der Waals surface area (Å²) in [5, 5.41) is 1.77. The minimum atomic E-state index is 0.657. The van der Waals surface area contributed by atoms with Gasteiger partial charge in [0.2, 0.25) is 0 Å². The Morgan fingerprint density at radius 3 is 2.93 bits per heavy atom. The third-order valence-electron chi connectivity index (χ3n) is 2.50. The molecule has 1 aliphatic heterocycles. The van der Waals surface area contributed by atoms with Crippen LogP contribution in [-0.4, -0.2) is 23.4 Å². The summed E-state index contributed by atoms with van der Waals surface area (Å²) >= 11 is 5.46. The zero-order chi connectivity index (χ0) is 10.7. The number of nitrogens with zero attached hydrogens (tertiary/aromatic N) is 1. The van der Waals surface area contributed by atoms with Gasteiger partial charge >= 0.3 is 0 Å². The average molecular weight is 288 g/mol. The van der Waals surface area contributed by atoms with E-state index < -0.39 is 0 Å². The quantitative estimate of drug-likeness (QED) is 0.832. The van der Waals surface area contributed by atoms with Gasteiger partial charge in [0.25, 0.3) is 0 Å². The Bertz CT molecular complexity index is 339. The van der Waals surface area contributed by atoms with E-state index in [0.717, 1.165) is 35.6 Å². The molecule has 82 valence electrons. The number of ether oxygens (including phenoxy) is 1. The lowest BCUT2D eigenvalue weighted by atomic mass is 10.2. The van der Waals surface area contributed by atoms with E-state index in [0.29, 0.717) is 5.25 Å². The van der Waals surface area contributed by atoms with Crippen molar-refractivity contribution in [2.45, 2.75) is 30.0 Å². The molecule has 1 saturated heterocycles. The molecule has 0 radical (unpaired) electrons. The number of pyridine rings is 1. The average Bonchev–Trinajstić information content (AvgIpc) is 2.26. The molecule has 15 heavy (non-hydrogen) atoms. The second kappa shape index (κ2) is 5.32. The van der Waals surface area contributed by atoms with E-state index >= 15 is 0 Å². The van der Waals surface area contributed by atoms with Crippen molar-refractivity contribution < 1.29 is 4.74 Å². The third kappa shape index (κ3) is 2.95. The van der Waals surface area contributed by atoms with Crippen LogP contribution in [0.15, 0.2) is 21.8 Å². The molecule has 0 aliphatic carbocycles. The van der Waals surface area contributed by atoms with Crippen LogP contribution in [0.2, 0.25) is 0 Å². The van der Waals surface area contributed by atoms with Crippen LogP contribution in [0.5, 0.6) is 0 Å². The standard InChI is InChI=1S/C11H14BrNOS/c1-8-2-5-13-11(10(8)12)15-9-3-6-14-7-4-9/h2,5,9H,3-4,6-7H2,1H3. The normalized spacial score (nSPS) is 18.0. The number of hydrogen-bond donors (Lipinski definition) is 0. The molecule has 0 spiro atoms. The number of aryl methyl sites for hydroxylation is 1. The summed E-state index contributed by atoms with van der Waals surface area (Å²) in [6.07, 6.45) is 4.14. The van der Waals surface area contributed by atoms with Crippen LogP contribution in [0.4, 0.5) is 0 Å². The lowest BCUT2D eigenvalue weighted by Crippen LogP contribution is -2.17. The van der Waals surface area contributed by atoms with Crippen LogP contribution in [0.3, 0.4) is 0 Å². The minimum Gasteiger partial charge on any atom is -0.381 e. The Hall–Kier alpha value is -0.0600. The first-order valence-corrected chi connectivity index (χ1v) is 6.80. The molecule has 1 aromatic heterocycles. The smallest absolute Gasteiger partial charge is 0.111 e. The second-order valence-electron chi connectivity index (χ2n) is 3.68. The number of halogens is 1. The van der Waals surface area contributed by atoms with Crippen molar-refractivity contribution in [1.29, 1.82) is 0 Å². The first-order chi connectivity index (χ1) is 7.27. The van der Waals surface area contributed by atoms with Gasteiger partial charge in [0.1, 0.15) is 5.03 Å². The topological polar surface area (TPSA) is 22.1 Å². The Labute approximate surface area is 103 Å². The van der Waals surface area contributed by atoms with Gasteiger partial charge < -0.3 is 4.74 Å². The molecule has 2 nitrogen and oxygen atoms in total. The fourth-order valence-corrected chi connectivity index (χ4v) is 3.19. The van der Waals surface area contributed by atoms with Crippen LogP contribution in [0.25, 0.3) is 0 Å². The van der Waals surface area contributed by atoms with E-state index in [1.54, 1.807) is 0 Å². The number of hydrogen-bond acceptors (Lipinski definition) is 3. The van der Waals surface area contributed by atoms with Crippen molar-refractivity contribution in [2.24, 2.45) is 0 Å². The molecule has 0 aromatic carbocycles. The zero-order valence-electron chi connectivity index (χ0n) is 8.70. The summed E-state index contributed by atoms with van der Waals surface area (Å²) in [5.74, 6) is 0. The van der Waals surface area contributed by atoms with E-state index in [2.05, 4.69) is 27.8 Å². The lowest BCUT2D eigenvalue weighted by molar-refractivity contribution is 0.1000. The van der Waals surface area contributed by atoms with Crippen molar-refractivity contribution in [3.63, 3.8) is 0 Å². The van der Waals surface area contributed by atoms with Gasteiger partial charge in [-0.2, -0.15) is 0 Å². The van der Waals surface area contributed by atoms with Gasteiger partial charge in [0, 0.05) is 24.7 Å². The second-order valence-corrected chi connectivity index (χ2v) is 5.76. The van der Waals surface area contributed by atoms with Crippen LogP contribution < -0.4 is 0 Å². The fourth-order valence-electron chi connectivity index (χ4n) is 1.55. The van der Waals surface area contributed by atoms with Gasteiger partial charge in [-0.15, -0.1) is 11.8 Å². The molecule has 1 fully saturated rings. The van der Waals surface area contributed by atoms with Gasteiger partial charge in [0.05, 0.1) is 4.47 Å². The molecule has 2 heterocycles. The largest absolute Gasteiger partial charge is 0.381 e. The van der Waals surface area contributed by atoms with E-state index in [9.17, 15) is 0 Å². The van der Waals surface area contributed by atoms with Crippen LogP contribution >= 0.6 is 27.7 Å². The first kappa shape index (κ1) is 11.4. The molecule has 0 bridgehead atoms. The van der Waals surface area contributed by atoms with Crippen molar-refractivity contribution in [3.05, 3.63) is 22.3 Å². The minimum absolute atomic E-state index is 0.657. The summed E-state index contributed by atoms with van der Waals surface area (Å²) < 4.78 is 6.49. The van der Waals surface area contributed by atoms with Crippen molar-refractivity contribution in [3.8, 4) is 0 Å². The van der Waals surface area contributed by atoms with E-state index in [-0.39, 0.29) is 0 Å². The predicted octanol–water partition coefficient (Wildman–Crippen LogP) is 3.42. The molecule has 0 N–H and O–H groups in total. The summed E-state index contributed by atoms with van der Waals surface area (Å²) in [4.78, 5) is 4.41. The Kier molecular flexibility index (Phi) is 4.05. The maximum atomic E-state index is 5.35. The Morgan fingerprint density at radius 1 is 1.47 bits per heavy atom. The summed E-state index contributed by atoms with van der Waals surface area (Å²) in [6, 6.07) is 2.03. The fraction of sp³-hybridized carbons (Fsp3) is 0.545. The monoisotopic (exact) mass is 287 g/mol. The van der Waals surface area contributed by atoms with Gasteiger partial charge in [-0.25, -0.2) is 4.98 Å². The molecular formula is C11H14BrNOS. The molecule has 2 rings (SSSR count). The van der Waals surface area contributed by atoms with Gasteiger partial charge in [-0.05, 0) is 47.3 Å². The Balaban J connectivity index is 2.06. The van der Waals surface area contributed by atoms with Crippen LogP contribution in [0.1, 0.15) is 18.4 Å². The highest BCUT2D eigenvalue weighted by molar-refractivity contribution is 9.10. The number of thioether (sulfide) groups is 1. The first-order valence-electron chi connectivity index (χ1n) is 5.13. The molecule has 0 atom stereocenters. The highest BCUT2D eigenvalue weighted by Gasteiger charge is 2.17. The molecular weight excluding hydrogens is 274 g/mol. The zero-order valence-corrected chi connectivity index (χ0v) is 11.1. The highest BCUT2D eigenvalue weighted by Crippen LogP contribution is 2.34. The molecule has 1 aromatic rings. The van der Waals surface area contributed by atoms with Crippen molar-refractivity contribution in [2.75, 3.05) is 13.2 Å². The maximum absolute atomic E-state index is 5.35. The summed E-state index contributed by atoms with van der Waals surface area (Å²) in [6.45, 7) is 3.88. The van der Waals surface area contributed by atoms with Gasteiger partial charge in [-0.3, -0.25) is 0 Å². The Morgan fingerprint density at radius 2 is 2.20 bits per heavy atom. The molecule has 0 unspecified atom stereocenters. The molecule has 0 amide bonds.